The average molecular weight is 357 g/mol. The summed E-state index contributed by atoms with van der Waals surface area (Å²) >= 11 is 1.69. The molecular formula is C21H15N3OS. The molecule has 4 nitrogen and oxygen atoms in total. The fourth-order valence-electron chi connectivity index (χ4n) is 3.09. The van der Waals surface area contributed by atoms with Gasteiger partial charge in [0, 0.05) is 33.9 Å². The summed E-state index contributed by atoms with van der Waals surface area (Å²) in [7, 11) is 0. The molecule has 0 unspecified atom stereocenters. The molecule has 0 bridgehead atoms. The van der Waals surface area contributed by atoms with Crippen molar-refractivity contribution in [3.8, 4) is 16.2 Å². The predicted molar refractivity (Wildman–Crippen MR) is 108 cm³/mol. The van der Waals surface area contributed by atoms with Crippen molar-refractivity contribution in [3.63, 3.8) is 0 Å². The zero-order valence-electron chi connectivity index (χ0n) is 13.7. The third kappa shape index (κ3) is 2.59. The van der Waals surface area contributed by atoms with Crippen LogP contribution in [0.4, 0.5) is 11.4 Å². The van der Waals surface area contributed by atoms with Crippen molar-refractivity contribution < 1.29 is 5.11 Å². The van der Waals surface area contributed by atoms with Crippen molar-refractivity contribution in [2.24, 2.45) is 0 Å². The lowest BCUT2D eigenvalue weighted by Crippen LogP contribution is -1.90. The second kappa shape index (κ2) is 5.89. The molecule has 3 aromatic heterocycles. The van der Waals surface area contributed by atoms with Crippen molar-refractivity contribution in [2.45, 2.75) is 0 Å². The Morgan fingerprint density at radius 3 is 2.73 bits per heavy atom. The second-order valence-electron chi connectivity index (χ2n) is 6.14. The van der Waals surface area contributed by atoms with Gasteiger partial charge < -0.3 is 15.4 Å². The standard InChI is InChI=1S/C21H15N3OS/c25-16-4-1-13(2-5-16)20-12-19-21(26-20)18(8-10-23-19)24-15-3-6-17-14(11-15)7-9-22-17/h1-12,22,25H,(H,23,24). The van der Waals surface area contributed by atoms with Crippen LogP contribution in [0.2, 0.25) is 0 Å². The highest BCUT2D eigenvalue weighted by Gasteiger charge is 2.10. The number of H-pyrrole nitrogens is 1. The number of phenolic OH excluding ortho intramolecular Hbond substituents is 1. The van der Waals surface area contributed by atoms with E-state index >= 15 is 0 Å². The van der Waals surface area contributed by atoms with Crippen LogP contribution in [0.3, 0.4) is 0 Å². The molecule has 0 saturated carbocycles. The van der Waals surface area contributed by atoms with Crippen molar-refractivity contribution in [1.82, 2.24) is 9.97 Å². The lowest BCUT2D eigenvalue weighted by atomic mass is 10.2. The van der Waals surface area contributed by atoms with Crippen LogP contribution in [-0.2, 0) is 0 Å². The highest BCUT2D eigenvalue weighted by molar-refractivity contribution is 7.22. The lowest BCUT2D eigenvalue weighted by Gasteiger charge is -2.07. The maximum Gasteiger partial charge on any atom is 0.115 e. The minimum Gasteiger partial charge on any atom is -0.508 e. The van der Waals surface area contributed by atoms with Gasteiger partial charge in [0.1, 0.15) is 5.75 Å². The van der Waals surface area contributed by atoms with Gasteiger partial charge in [-0.3, -0.25) is 4.98 Å². The summed E-state index contributed by atoms with van der Waals surface area (Å²) in [5.74, 6) is 0.274. The van der Waals surface area contributed by atoms with E-state index in [0.29, 0.717) is 0 Å². The molecule has 3 N–H and O–H groups in total. The van der Waals surface area contributed by atoms with E-state index in [1.54, 1.807) is 23.5 Å². The summed E-state index contributed by atoms with van der Waals surface area (Å²) in [5.41, 5.74) is 5.25. The van der Waals surface area contributed by atoms with Crippen LogP contribution in [0, 0.1) is 0 Å². The molecule has 3 heterocycles. The highest BCUT2D eigenvalue weighted by Crippen LogP contribution is 2.38. The van der Waals surface area contributed by atoms with Gasteiger partial charge in [0.25, 0.3) is 0 Å². The number of rotatable bonds is 3. The molecule has 0 radical (unpaired) electrons. The minimum atomic E-state index is 0.274. The molecule has 2 aromatic carbocycles. The molecule has 126 valence electrons. The molecule has 5 heteroatoms. The molecule has 5 aromatic rings. The van der Waals surface area contributed by atoms with Crippen LogP contribution in [0.5, 0.6) is 5.75 Å². The zero-order chi connectivity index (χ0) is 17.5. The van der Waals surface area contributed by atoms with Gasteiger partial charge in [-0.2, -0.15) is 0 Å². The summed E-state index contributed by atoms with van der Waals surface area (Å²) in [4.78, 5) is 8.84. The largest absolute Gasteiger partial charge is 0.508 e. The lowest BCUT2D eigenvalue weighted by molar-refractivity contribution is 0.475. The van der Waals surface area contributed by atoms with E-state index in [0.717, 1.165) is 37.5 Å². The smallest absolute Gasteiger partial charge is 0.115 e. The molecule has 0 aliphatic heterocycles. The van der Waals surface area contributed by atoms with Gasteiger partial charge in [-0.15, -0.1) is 11.3 Å². The van der Waals surface area contributed by atoms with Gasteiger partial charge >= 0.3 is 0 Å². The first-order chi connectivity index (χ1) is 12.8. The predicted octanol–water partition coefficient (Wildman–Crippen LogP) is 5.89. The fraction of sp³-hybridized carbons (Fsp3) is 0. The Hall–Kier alpha value is -3.31. The Morgan fingerprint density at radius 1 is 0.962 bits per heavy atom. The first-order valence-corrected chi connectivity index (χ1v) is 9.10. The highest BCUT2D eigenvalue weighted by atomic mass is 32.1. The summed E-state index contributed by atoms with van der Waals surface area (Å²) in [6.07, 6.45) is 3.77. The van der Waals surface area contributed by atoms with Gasteiger partial charge in [-0.1, -0.05) is 0 Å². The monoisotopic (exact) mass is 357 g/mol. The number of phenols is 1. The van der Waals surface area contributed by atoms with E-state index in [9.17, 15) is 5.11 Å². The third-order valence-electron chi connectivity index (χ3n) is 4.40. The molecule has 0 fully saturated rings. The van der Waals surface area contributed by atoms with E-state index in [1.165, 1.54) is 5.39 Å². The minimum absolute atomic E-state index is 0.274. The number of hydrogen-bond acceptors (Lipinski definition) is 4. The Bertz CT molecular complexity index is 1220. The number of aromatic nitrogens is 2. The number of nitrogens with one attached hydrogen (secondary N) is 2. The van der Waals surface area contributed by atoms with Crippen LogP contribution in [-0.4, -0.2) is 15.1 Å². The number of benzene rings is 2. The van der Waals surface area contributed by atoms with Crippen molar-refractivity contribution in [3.05, 3.63) is 73.1 Å². The van der Waals surface area contributed by atoms with Crippen LogP contribution < -0.4 is 5.32 Å². The van der Waals surface area contributed by atoms with Crippen molar-refractivity contribution >= 4 is 43.8 Å². The van der Waals surface area contributed by atoms with Gasteiger partial charge in [0.05, 0.1) is 15.9 Å². The third-order valence-corrected chi connectivity index (χ3v) is 5.60. The fourth-order valence-corrected chi connectivity index (χ4v) is 4.18. The summed E-state index contributed by atoms with van der Waals surface area (Å²) in [6, 6.07) is 19.7. The normalized spacial score (nSPS) is 11.2. The molecule has 0 aliphatic carbocycles. The topological polar surface area (TPSA) is 60.9 Å². The zero-order valence-corrected chi connectivity index (χ0v) is 14.5. The number of anilines is 2. The number of thiophene rings is 1. The number of aromatic hydroxyl groups is 1. The summed E-state index contributed by atoms with van der Waals surface area (Å²) in [6.45, 7) is 0. The van der Waals surface area contributed by atoms with Crippen LogP contribution in [0.1, 0.15) is 0 Å². The quantitative estimate of drug-likeness (QED) is 0.377. The van der Waals surface area contributed by atoms with E-state index in [2.05, 4.69) is 45.6 Å². The molecule has 5 rings (SSSR count). The summed E-state index contributed by atoms with van der Waals surface area (Å²) in [5, 5.41) is 14.2. The van der Waals surface area contributed by atoms with Gasteiger partial charge in [-0.25, -0.2) is 0 Å². The van der Waals surface area contributed by atoms with Crippen LogP contribution in [0.25, 0.3) is 31.6 Å². The van der Waals surface area contributed by atoms with Gasteiger partial charge in [0.2, 0.25) is 0 Å². The van der Waals surface area contributed by atoms with Crippen molar-refractivity contribution in [1.29, 1.82) is 0 Å². The maximum absolute atomic E-state index is 9.49. The van der Waals surface area contributed by atoms with Gasteiger partial charge in [-0.05, 0) is 66.2 Å². The summed E-state index contributed by atoms with van der Waals surface area (Å²) < 4.78 is 1.12. The number of nitrogens with zero attached hydrogens (tertiary/aromatic N) is 1. The maximum atomic E-state index is 9.49. The Balaban J connectivity index is 1.56. The van der Waals surface area contributed by atoms with Crippen LogP contribution in [0.15, 0.2) is 73.1 Å². The first-order valence-electron chi connectivity index (χ1n) is 8.28. The SMILES string of the molecule is Oc1ccc(-c2cc3nccc(Nc4ccc5[nH]ccc5c4)c3s2)cc1. The molecule has 0 amide bonds. The molecule has 0 atom stereocenters. The Morgan fingerprint density at radius 2 is 1.85 bits per heavy atom. The molecule has 0 saturated heterocycles. The van der Waals surface area contributed by atoms with E-state index < -0.39 is 0 Å². The van der Waals surface area contributed by atoms with Crippen LogP contribution >= 0.6 is 11.3 Å². The molecular weight excluding hydrogens is 342 g/mol. The first kappa shape index (κ1) is 15.0. The second-order valence-corrected chi connectivity index (χ2v) is 7.19. The number of fused-ring (bicyclic) bond motifs is 2. The molecule has 0 spiro atoms. The molecule has 26 heavy (non-hydrogen) atoms. The number of aromatic amines is 1. The Labute approximate surface area is 153 Å². The van der Waals surface area contributed by atoms with E-state index in [1.807, 2.05) is 30.6 Å². The van der Waals surface area contributed by atoms with Gasteiger partial charge in [0.15, 0.2) is 0 Å². The molecule has 0 aliphatic rings. The average Bonchev–Trinajstić information content (AvgIpc) is 3.29. The Kier molecular flexibility index (Phi) is 3.40. The van der Waals surface area contributed by atoms with E-state index in [4.69, 9.17) is 0 Å². The van der Waals surface area contributed by atoms with Crippen molar-refractivity contribution in [2.75, 3.05) is 5.32 Å². The number of pyridine rings is 1. The number of hydrogen-bond donors (Lipinski definition) is 3. The van der Waals surface area contributed by atoms with E-state index in [-0.39, 0.29) is 5.75 Å².